The van der Waals surface area contributed by atoms with Gasteiger partial charge in [0.1, 0.15) is 0 Å². The Hall–Kier alpha value is -1.64. The molecule has 0 saturated heterocycles. The van der Waals surface area contributed by atoms with E-state index in [0.717, 1.165) is 18.4 Å². The summed E-state index contributed by atoms with van der Waals surface area (Å²) in [4.78, 5) is 0. The van der Waals surface area contributed by atoms with Crippen molar-refractivity contribution < 1.29 is 5.11 Å². The van der Waals surface area contributed by atoms with E-state index in [1.165, 1.54) is 11.1 Å². The van der Waals surface area contributed by atoms with Crippen molar-refractivity contribution in [2.45, 2.75) is 38.0 Å². The van der Waals surface area contributed by atoms with E-state index in [1.54, 1.807) is 0 Å². The second-order valence-electron chi connectivity index (χ2n) is 5.59. The van der Waals surface area contributed by atoms with E-state index in [-0.39, 0.29) is 12.1 Å². The van der Waals surface area contributed by atoms with Crippen molar-refractivity contribution in [2.75, 3.05) is 0 Å². The van der Waals surface area contributed by atoms with Crippen LogP contribution in [0.4, 0.5) is 0 Å². The van der Waals surface area contributed by atoms with Crippen LogP contribution in [-0.2, 0) is 6.42 Å². The van der Waals surface area contributed by atoms with Gasteiger partial charge in [-0.2, -0.15) is 0 Å². The number of aliphatic hydroxyl groups is 1. The second kappa shape index (κ2) is 5.78. The molecular weight excluding hydrogens is 246 g/mol. The van der Waals surface area contributed by atoms with Crippen molar-refractivity contribution in [1.29, 1.82) is 0 Å². The molecular formula is C18H21NO. The topological polar surface area (TPSA) is 32.3 Å². The van der Waals surface area contributed by atoms with E-state index in [1.807, 2.05) is 24.3 Å². The molecule has 2 N–H and O–H groups in total. The predicted octanol–water partition coefficient (Wildman–Crippen LogP) is 3.39. The van der Waals surface area contributed by atoms with E-state index >= 15 is 0 Å². The number of benzene rings is 2. The molecule has 0 saturated carbocycles. The molecule has 2 nitrogen and oxygen atoms in total. The van der Waals surface area contributed by atoms with Gasteiger partial charge in [0.05, 0.1) is 6.10 Å². The Labute approximate surface area is 120 Å². The van der Waals surface area contributed by atoms with Crippen LogP contribution in [0.3, 0.4) is 0 Å². The Morgan fingerprint density at radius 3 is 2.55 bits per heavy atom. The highest BCUT2D eigenvalue weighted by molar-refractivity contribution is 5.33. The maximum atomic E-state index is 10.6. The fourth-order valence-corrected chi connectivity index (χ4v) is 3.07. The summed E-state index contributed by atoms with van der Waals surface area (Å²) in [6.07, 6.45) is 1.60. The van der Waals surface area contributed by atoms with Crippen LogP contribution >= 0.6 is 0 Å². The van der Waals surface area contributed by atoms with Gasteiger partial charge in [-0.05, 0) is 36.5 Å². The fraction of sp³-hybridized carbons (Fsp3) is 0.333. The molecule has 0 heterocycles. The van der Waals surface area contributed by atoms with Crippen LogP contribution < -0.4 is 5.32 Å². The average molecular weight is 267 g/mol. The van der Waals surface area contributed by atoms with Crippen molar-refractivity contribution in [1.82, 2.24) is 5.32 Å². The zero-order valence-corrected chi connectivity index (χ0v) is 11.8. The van der Waals surface area contributed by atoms with E-state index in [0.29, 0.717) is 0 Å². The van der Waals surface area contributed by atoms with Gasteiger partial charge in [0, 0.05) is 12.1 Å². The number of hydrogen-bond donors (Lipinski definition) is 2. The summed E-state index contributed by atoms with van der Waals surface area (Å²) in [5, 5.41) is 14.1. The summed E-state index contributed by atoms with van der Waals surface area (Å²) in [7, 11) is 0. The number of aryl methyl sites for hydroxylation is 1. The Kier molecular flexibility index (Phi) is 3.86. The number of aliphatic hydroxyl groups excluding tert-OH is 1. The predicted molar refractivity (Wildman–Crippen MR) is 81.5 cm³/mol. The minimum Gasteiger partial charge on any atom is -0.387 e. The molecule has 2 aromatic rings. The van der Waals surface area contributed by atoms with Gasteiger partial charge in [0.25, 0.3) is 0 Å². The lowest BCUT2D eigenvalue weighted by molar-refractivity contribution is 0.109. The molecule has 0 aromatic heterocycles. The monoisotopic (exact) mass is 267 g/mol. The van der Waals surface area contributed by atoms with Gasteiger partial charge < -0.3 is 10.4 Å². The van der Waals surface area contributed by atoms with E-state index in [9.17, 15) is 5.11 Å². The standard InChI is InChI=1S/C18H21NO/c1-13(14-7-3-2-4-8-14)19-17-12-11-15-9-5-6-10-16(15)18(17)20/h2-10,13,17-20H,11-12H2,1H3. The van der Waals surface area contributed by atoms with Gasteiger partial charge >= 0.3 is 0 Å². The van der Waals surface area contributed by atoms with Gasteiger partial charge in [0.15, 0.2) is 0 Å². The Balaban J connectivity index is 1.73. The molecule has 3 unspecified atom stereocenters. The highest BCUT2D eigenvalue weighted by Gasteiger charge is 2.28. The molecule has 0 amide bonds. The van der Waals surface area contributed by atoms with E-state index < -0.39 is 6.10 Å². The van der Waals surface area contributed by atoms with Crippen LogP contribution in [0.5, 0.6) is 0 Å². The third kappa shape index (κ3) is 2.62. The second-order valence-corrected chi connectivity index (χ2v) is 5.59. The summed E-state index contributed by atoms with van der Waals surface area (Å²) >= 11 is 0. The SMILES string of the molecule is CC(NC1CCc2ccccc2C1O)c1ccccc1. The number of nitrogens with one attached hydrogen (secondary N) is 1. The summed E-state index contributed by atoms with van der Waals surface area (Å²) in [5.74, 6) is 0. The molecule has 20 heavy (non-hydrogen) atoms. The van der Waals surface area contributed by atoms with Gasteiger partial charge in [-0.15, -0.1) is 0 Å². The zero-order valence-electron chi connectivity index (χ0n) is 11.8. The first kappa shape index (κ1) is 13.3. The maximum Gasteiger partial charge on any atom is 0.0945 e. The van der Waals surface area contributed by atoms with Crippen LogP contribution in [0.15, 0.2) is 54.6 Å². The lowest BCUT2D eigenvalue weighted by Crippen LogP contribution is -2.39. The smallest absolute Gasteiger partial charge is 0.0945 e. The first-order chi connectivity index (χ1) is 9.75. The summed E-state index contributed by atoms with van der Waals surface area (Å²) in [6, 6.07) is 19.0. The van der Waals surface area contributed by atoms with Crippen LogP contribution in [-0.4, -0.2) is 11.1 Å². The molecule has 0 aliphatic heterocycles. The molecule has 0 radical (unpaired) electrons. The average Bonchev–Trinajstić information content (AvgIpc) is 2.51. The summed E-state index contributed by atoms with van der Waals surface area (Å²) < 4.78 is 0. The molecule has 0 bridgehead atoms. The number of hydrogen-bond acceptors (Lipinski definition) is 2. The molecule has 104 valence electrons. The lowest BCUT2D eigenvalue weighted by Gasteiger charge is -2.33. The van der Waals surface area contributed by atoms with Crippen LogP contribution in [0.2, 0.25) is 0 Å². The largest absolute Gasteiger partial charge is 0.387 e. The van der Waals surface area contributed by atoms with Gasteiger partial charge in [-0.3, -0.25) is 0 Å². The first-order valence-electron chi connectivity index (χ1n) is 7.32. The molecule has 0 spiro atoms. The Morgan fingerprint density at radius 2 is 1.75 bits per heavy atom. The van der Waals surface area contributed by atoms with Crippen molar-refractivity contribution >= 4 is 0 Å². The quantitative estimate of drug-likeness (QED) is 0.893. The number of fused-ring (bicyclic) bond motifs is 1. The Bertz CT molecular complexity index is 567. The Morgan fingerprint density at radius 1 is 1.05 bits per heavy atom. The fourth-order valence-electron chi connectivity index (χ4n) is 3.07. The van der Waals surface area contributed by atoms with E-state index in [4.69, 9.17) is 0 Å². The van der Waals surface area contributed by atoms with Crippen molar-refractivity contribution in [3.05, 3.63) is 71.3 Å². The van der Waals surface area contributed by atoms with E-state index in [2.05, 4.69) is 42.6 Å². The minimum atomic E-state index is -0.411. The molecule has 1 aliphatic carbocycles. The lowest BCUT2D eigenvalue weighted by atomic mass is 9.85. The molecule has 3 rings (SSSR count). The maximum absolute atomic E-state index is 10.6. The van der Waals surface area contributed by atoms with Crippen molar-refractivity contribution in [2.24, 2.45) is 0 Å². The third-order valence-corrected chi connectivity index (χ3v) is 4.24. The molecule has 2 heteroatoms. The molecule has 1 aliphatic rings. The zero-order chi connectivity index (χ0) is 13.9. The normalized spacial score (nSPS) is 23.1. The summed E-state index contributed by atoms with van der Waals surface area (Å²) in [5.41, 5.74) is 3.63. The molecule has 2 aromatic carbocycles. The highest BCUT2D eigenvalue weighted by Crippen LogP contribution is 2.31. The van der Waals surface area contributed by atoms with Crippen LogP contribution in [0.25, 0.3) is 0 Å². The summed E-state index contributed by atoms with van der Waals surface area (Å²) in [6.45, 7) is 2.16. The van der Waals surface area contributed by atoms with Crippen molar-refractivity contribution in [3.8, 4) is 0 Å². The molecule has 0 fully saturated rings. The third-order valence-electron chi connectivity index (χ3n) is 4.24. The van der Waals surface area contributed by atoms with Crippen LogP contribution in [0, 0.1) is 0 Å². The van der Waals surface area contributed by atoms with Crippen LogP contribution in [0.1, 0.15) is 42.2 Å². The van der Waals surface area contributed by atoms with Gasteiger partial charge in [0.2, 0.25) is 0 Å². The number of rotatable bonds is 3. The minimum absolute atomic E-state index is 0.125. The first-order valence-corrected chi connectivity index (χ1v) is 7.32. The van der Waals surface area contributed by atoms with Gasteiger partial charge in [-0.25, -0.2) is 0 Å². The van der Waals surface area contributed by atoms with Gasteiger partial charge in [-0.1, -0.05) is 54.6 Å². The highest BCUT2D eigenvalue weighted by atomic mass is 16.3. The van der Waals surface area contributed by atoms with Crippen molar-refractivity contribution in [3.63, 3.8) is 0 Å². The molecule has 3 atom stereocenters.